The Morgan fingerprint density at radius 1 is 1.07 bits per heavy atom. The van der Waals surface area contributed by atoms with Gasteiger partial charge in [-0.05, 0) is 55.7 Å². The zero-order valence-corrected chi connectivity index (χ0v) is 16.7. The Kier molecular flexibility index (Phi) is 4.91. The molecule has 1 aliphatic rings. The number of benzene rings is 2. The summed E-state index contributed by atoms with van der Waals surface area (Å²) >= 11 is 0. The summed E-state index contributed by atoms with van der Waals surface area (Å²) in [5.74, 6) is 0.889. The standard InChI is InChI=1S/C22H22N4O4/c1-12-9-14(26(22(24)28)13-3-4-13)5-6-18(12)30-19-7-8-25-17-11-20(29-2)16(21(23)27)10-15(17)19/h5-11,13H,3-4H2,1-2H3,(H2,23,27)(H2,24,28). The first-order valence-electron chi connectivity index (χ1n) is 9.52. The number of hydrogen-bond donors (Lipinski definition) is 2. The fourth-order valence-corrected chi connectivity index (χ4v) is 3.47. The Hall–Kier alpha value is -3.81. The van der Waals surface area contributed by atoms with Crippen LogP contribution in [0.4, 0.5) is 10.5 Å². The average molecular weight is 406 g/mol. The molecule has 1 saturated carbocycles. The number of nitrogens with two attached hydrogens (primary N) is 2. The van der Waals surface area contributed by atoms with E-state index in [2.05, 4.69) is 4.98 Å². The van der Waals surface area contributed by atoms with Gasteiger partial charge in [0.05, 0.1) is 18.2 Å². The minimum atomic E-state index is -0.601. The van der Waals surface area contributed by atoms with E-state index in [1.54, 1.807) is 35.4 Å². The highest BCUT2D eigenvalue weighted by atomic mass is 16.5. The van der Waals surface area contributed by atoms with Crippen LogP contribution in [0.3, 0.4) is 0 Å². The van der Waals surface area contributed by atoms with E-state index in [9.17, 15) is 9.59 Å². The molecular weight excluding hydrogens is 384 g/mol. The Balaban J connectivity index is 1.71. The van der Waals surface area contributed by atoms with Crippen LogP contribution in [-0.4, -0.2) is 30.1 Å². The predicted molar refractivity (Wildman–Crippen MR) is 113 cm³/mol. The average Bonchev–Trinajstić information content (AvgIpc) is 3.53. The van der Waals surface area contributed by atoms with Gasteiger partial charge in [0, 0.05) is 29.4 Å². The third-order valence-electron chi connectivity index (χ3n) is 5.09. The summed E-state index contributed by atoms with van der Waals surface area (Å²) in [5, 5.41) is 0.632. The quantitative estimate of drug-likeness (QED) is 0.649. The summed E-state index contributed by atoms with van der Waals surface area (Å²) in [6, 6.07) is 10.2. The van der Waals surface area contributed by atoms with Crippen molar-refractivity contribution in [1.29, 1.82) is 0 Å². The van der Waals surface area contributed by atoms with E-state index in [1.165, 1.54) is 7.11 Å². The lowest BCUT2D eigenvalue weighted by Gasteiger charge is -2.21. The van der Waals surface area contributed by atoms with Gasteiger partial charge in [0.25, 0.3) is 5.91 Å². The zero-order valence-electron chi connectivity index (χ0n) is 16.7. The Labute approximate surface area is 173 Å². The van der Waals surface area contributed by atoms with Crippen LogP contribution in [0.5, 0.6) is 17.2 Å². The molecule has 1 aliphatic carbocycles. The number of nitrogens with zero attached hydrogens (tertiary/aromatic N) is 2. The van der Waals surface area contributed by atoms with E-state index in [0.29, 0.717) is 28.2 Å². The van der Waals surface area contributed by atoms with Crippen molar-refractivity contribution in [2.45, 2.75) is 25.8 Å². The molecule has 1 aromatic heterocycles. The van der Waals surface area contributed by atoms with Crippen LogP contribution < -0.4 is 25.8 Å². The monoisotopic (exact) mass is 406 g/mol. The number of ether oxygens (including phenoxy) is 2. The first-order chi connectivity index (χ1) is 14.4. The van der Waals surface area contributed by atoms with Crippen LogP contribution in [0.1, 0.15) is 28.8 Å². The summed E-state index contributed by atoms with van der Waals surface area (Å²) < 4.78 is 11.4. The molecular formula is C22H22N4O4. The molecule has 0 saturated heterocycles. The molecule has 2 aromatic carbocycles. The van der Waals surface area contributed by atoms with Gasteiger partial charge in [-0.2, -0.15) is 0 Å². The number of carbonyl (C=O) groups excluding carboxylic acids is 2. The van der Waals surface area contributed by atoms with E-state index in [4.69, 9.17) is 20.9 Å². The molecule has 3 aromatic rings. The van der Waals surface area contributed by atoms with Crippen molar-refractivity contribution in [3.63, 3.8) is 0 Å². The van der Waals surface area contributed by atoms with Gasteiger partial charge < -0.3 is 20.9 Å². The molecule has 0 bridgehead atoms. The van der Waals surface area contributed by atoms with Crippen molar-refractivity contribution in [3.05, 3.63) is 53.7 Å². The normalized spacial score (nSPS) is 13.1. The number of amides is 3. The maximum atomic E-state index is 11.8. The summed E-state index contributed by atoms with van der Waals surface area (Å²) in [6.07, 6.45) is 3.52. The SMILES string of the molecule is COc1cc2nccc(Oc3ccc(N(C(N)=O)C4CC4)cc3C)c2cc1C(N)=O. The lowest BCUT2D eigenvalue weighted by Crippen LogP contribution is -2.37. The molecule has 1 fully saturated rings. The molecule has 0 aliphatic heterocycles. The van der Waals surface area contributed by atoms with Crippen molar-refractivity contribution in [2.24, 2.45) is 11.5 Å². The second-order valence-electron chi connectivity index (χ2n) is 7.23. The Bertz CT molecular complexity index is 1160. The molecule has 30 heavy (non-hydrogen) atoms. The highest BCUT2D eigenvalue weighted by Crippen LogP contribution is 2.37. The fraction of sp³-hybridized carbons (Fsp3) is 0.227. The van der Waals surface area contributed by atoms with Gasteiger partial charge in [0.2, 0.25) is 0 Å². The molecule has 8 heteroatoms. The van der Waals surface area contributed by atoms with Crippen molar-refractivity contribution >= 4 is 28.5 Å². The Morgan fingerprint density at radius 3 is 2.43 bits per heavy atom. The molecule has 0 atom stereocenters. The van der Waals surface area contributed by atoms with Gasteiger partial charge in [-0.1, -0.05) is 0 Å². The molecule has 0 spiro atoms. The number of aromatic nitrogens is 1. The number of methoxy groups -OCH3 is 1. The summed E-state index contributed by atoms with van der Waals surface area (Å²) in [6.45, 7) is 1.89. The number of anilines is 1. The molecule has 0 unspecified atom stereocenters. The van der Waals surface area contributed by atoms with E-state index in [1.807, 2.05) is 19.1 Å². The van der Waals surface area contributed by atoms with Crippen LogP contribution in [0.2, 0.25) is 0 Å². The van der Waals surface area contributed by atoms with E-state index < -0.39 is 11.9 Å². The minimum absolute atomic E-state index is 0.167. The second kappa shape index (κ2) is 7.55. The van der Waals surface area contributed by atoms with Crippen LogP contribution in [0.15, 0.2) is 42.6 Å². The molecule has 4 N–H and O–H groups in total. The van der Waals surface area contributed by atoms with Crippen LogP contribution in [0.25, 0.3) is 10.9 Å². The van der Waals surface area contributed by atoms with E-state index >= 15 is 0 Å². The van der Waals surface area contributed by atoms with Crippen molar-refractivity contribution in [2.75, 3.05) is 12.0 Å². The van der Waals surface area contributed by atoms with Gasteiger partial charge >= 0.3 is 6.03 Å². The van der Waals surface area contributed by atoms with Crippen LogP contribution in [0, 0.1) is 6.92 Å². The highest BCUT2D eigenvalue weighted by Gasteiger charge is 2.32. The highest BCUT2D eigenvalue weighted by molar-refractivity contribution is 6.01. The van der Waals surface area contributed by atoms with Crippen molar-refractivity contribution < 1.29 is 19.1 Å². The van der Waals surface area contributed by atoms with Gasteiger partial charge in [-0.3, -0.25) is 14.7 Å². The summed E-state index contributed by atoms with van der Waals surface area (Å²) in [4.78, 5) is 29.6. The van der Waals surface area contributed by atoms with Gasteiger partial charge in [-0.25, -0.2) is 4.79 Å². The van der Waals surface area contributed by atoms with E-state index in [0.717, 1.165) is 24.1 Å². The largest absolute Gasteiger partial charge is 0.496 e. The van der Waals surface area contributed by atoms with Crippen LogP contribution in [-0.2, 0) is 0 Å². The fourth-order valence-electron chi connectivity index (χ4n) is 3.47. The number of pyridine rings is 1. The molecule has 154 valence electrons. The number of fused-ring (bicyclic) bond motifs is 1. The smallest absolute Gasteiger partial charge is 0.319 e. The molecule has 0 radical (unpaired) electrons. The number of carbonyl (C=O) groups is 2. The number of urea groups is 1. The van der Waals surface area contributed by atoms with E-state index in [-0.39, 0.29) is 11.6 Å². The number of primary amides is 2. The minimum Gasteiger partial charge on any atom is -0.496 e. The third kappa shape index (κ3) is 3.59. The number of aryl methyl sites for hydroxylation is 1. The summed E-state index contributed by atoms with van der Waals surface area (Å²) in [7, 11) is 1.47. The molecule has 3 amide bonds. The van der Waals surface area contributed by atoms with Crippen LogP contribution >= 0.6 is 0 Å². The second-order valence-corrected chi connectivity index (χ2v) is 7.23. The molecule has 4 rings (SSSR count). The van der Waals surface area contributed by atoms with Gasteiger partial charge in [-0.15, -0.1) is 0 Å². The topological polar surface area (TPSA) is 121 Å². The van der Waals surface area contributed by atoms with Crippen molar-refractivity contribution in [1.82, 2.24) is 4.98 Å². The first-order valence-corrected chi connectivity index (χ1v) is 9.52. The number of rotatable bonds is 6. The lowest BCUT2D eigenvalue weighted by molar-refractivity contribution is 0.0997. The number of hydrogen-bond acceptors (Lipinski definition) is 5. The van der Waals surface area contributed by atoms with Crippen molar-refractivity contribution in [3.8, 4) is 17.2 Å². The third-order valence-corrected chi connectivity index (χ3v) is 5.09. The first kappa shape index (κ1) is 19.5. The zero-order chi connectivity index (χ0) is 21.4. The lowest BCUT2D eigenvalue weighted by atomic mass is 10.1. The maximum Gasteiger partial charge on any atom is 0.319 e. The predicted octanol–water partition coefficient (Wildman–Crippen LogP) is 3.49. The summed E-state index contributed by atoms with van der Waals surface area (Å²) in [5.41, 5.74) is 13.5. The Morgan fingerprint density at radius 2 is 1.83 bits per heavy atom. The van der Waals surface area contributed by atoms with Gasteiger partial charge in [0.15, 0.2) is 0 Å². The molecule has 1 heterocycles. The maximum absolute atomic E-state index is 11.8. The molecule has 8 nitrogen and oxygen atoms in total. The van der Waals surface area contributed by atoms with Gasteiger partial charge in [0.1, 0.15) is 17.2 Å².